The van der Waals surface area contributed by atoms with Crippen LogP contribution in [-0.4, -0.2) is 9.55 Å². The van der Waals surface area contributed by atoms with Crippen LogP contribution in [0.4, 0.5) is 5.69 Å². The van der Waals surface area contributed by atoms with Crippen molar-refractivity contribution in [1.29, 1.82) is 0 Å². The van der Waals surface area contributed by atoms with E-state index < -0.39 is 10.9 Å². The number of hydrogen-bond donors (Lipinski definition) is 1. The lowest BCUT2D eigenvalue weighted by molar-refractivity contribution is 0.484. The number of nitrogens with zero attached hydrogens (tertiary/aromatic N) is 2. The van der Waals surface area contributed by atoms with Crippen molar-refractivity contribution in [2.75, 3.05) is 5.32 Å². The van der Waals surface area contributed by atoms with Crippen LogP contribution in [0.5, 0.6) is 11.5 Å². The fourth-order valence-corrected chi connectivity index (χ4v) is 4.94. The van der Waals surface area contributed by atoms with Gasteiger partial charge in [0.2, 0.25) is 10.9 Å². The molecule has 0 aliphatic rings. The molecule has 0 atom stereocenters. The minimum Gasteiger partial charge on any atom is -0.457 e. The van der Waals surface area contributed by atoms with E-state index in [-0.39, 0.29) is 17.8 Å². The lowest BCUT2D eigenvalue weighted by Gasteiger charge is -2.17. The number of para-hydroxylation sites is 3. The van der Waals surface area contributed by atoms with E-state index in [4.69, 9.17) is 21.3 Å². The van der Waals surface area contributed by atoms with Gasteiger partial charge in [-0.15, -0.1) is 0 Å². The molecule has 39 heavy (non-hydrogen) atoms. The van der Waals surface area contributed by atoms with Gasteiger partial charge in [-0.25, -0.2) is 4.98 Å². The average Bonchev–Trinajstić information content (AvgIpc) is 3.32. The number of imidazole rings is 1. The van der Waals surface area contributed by atoms with Crippen LogP contribution < -0.4 is 20.9 Å². The van der Waals surface area contributed by atoms with Crippen molar-refractivity contribution in [1.82, 2.24) is 9.55 Å². The zero-order chi connectivity index (χ0) is 26.8. The van der Waals surface area contributed by atoms with Crippen LogP contribution in [0, 0.1) is 0 Å². The molecular weight excluding hydrogens is 510 g/mol. The van der Waals surface area contributed by atoms with Crippen LogP contribution in [-0.2, 0) is 19.5 Å². The number of aryl methyl sites for hydroxylation is 2. The molecule has 6 nitrogen and oxygen atoms in total. The summed E-state index contributed by atoms with van der Waals surface area (Å²) in [7, 11) is 0. The number of anilines is 1. The Morgan fingerprint density at radius 3 is 2.33 bits per heavy atom. The molecule has 192 valence electrons. The van der Waals surface area contributed by atoms with Crippen LogP contribution in [0.2, 0.25) is 5.02 Å². The first-order chi connectivity index (χ1) is 19.1. The fourth-order valence-electron chi connectivity index (χ4n) is 4.78. The van der Waals surface area contributed by atoms with Crippen LogP contribution in [0.1, 0.15) is 11.4 Å². The molecule has 6 aromatic rings. The van der Waals surface area contributed by atoms with Gasteiger partial charge in [-0.3, -0.25) is 9.59 Å². The molecule has 0 saturated carbocycles. The molecule has 0 aliphatic heterocycles. The van der Waals surface area contributed by atoms with Gasteiger partial charge in [-0.05, 0) is 48.4 Å². The maximum Gasteiger partial charge on any atom is 0.250 e. The highest BCUT2D eigenvalue weighted by molar-refractivity contribution is 6.30. The van der Waals surface area contributed by atoms with Crippen molar-refractivity contribution in [2.24, 2.45) is 0 Å². The lowest BCUT2D eigenvalue weighted by atomic mass is 9.97. The molecule has 1 N–H and O–H groups in total. The van der Waals surface area contributed by atoms with Crippen LogP contribution >= 0.6 is 11.6 Å². The molecule has 0 fully saturated rings. The maximum absolute atomic E-state index is 12.8. The summed E-state index contributed by atoms with van der Waals surface area (Å²) < 4.78 is 8.21. The van der Waals surface area contributed by atoms with E-state index in [1.807, 2.05) is 72.8 Å². The summed E-state index contributed by atoms with van der Waals surface area (Å²) >= 11 is 6.25. The van der Waals surface area contributed by atoms with E-state index in [1.54, 1.807) is 18.2 Å². The first-order valence-corrected chi connectivity index (χ1v) is 13.0. The molecule has 0 saturated heterocycles. The number of benzene rings is 4. The molecule has 0 amide bonds. The zero-order valence-electron chi connectivity index (χ0n) is 20.9. The molecule has 5 aromatic carbocycles. The standard InChI is InChI=1S/C32H24ClN3O3/c33-22-15-16-24(27(19-22)39-23-11-5-2-6-12-23)29-30(32(38)31(29)37)34-20-28-35-25-13-7-8-14-26(25)36(28)18-17-21-9-3-1-4-10-21/h1-16,19,34H,17-18,20H2. The molecule has 1 aromatic heterocycles. The smallest absolute Gasteiger partial charge is 0.250 e. The number of ether oxygens (including phenoxy) is 1. The second-order valence-electron chi connectivity index (χ2n) is 9.22. The molecule has 0 spiro atoms. The Morgan fingerprint density at radius 2 is 1.54 bits per heavy atom. The summed E-state index contributed by atoms with van der Waals surface area (Å²) in [5.74, 6) is 1.78. The molecule has 1 heterocycles. The minimum atomic E-state index is -0.560. The van der Waals surface area contributed by atoms with Crippen molar-refractivity contribution in [3.05, 3.63) is 140 Å². The van der Waals surface area contributed by atoms with Gasteiger partial charge in [-0.1, -0.05) is 72.3 Å². The quantitative estimate of drug-likeness (QED) is 0.212. The second kappa shape index (κ2) is 10.6. The Labute approximate surface area is 229 Å². The first-order valence-electron chi connectivity index (χ1n) is 12.7. The largest absolute Gasteiger partial charge is 0.457 e. The second-order valence-corrected chi connectivity index (χ2v) is 9.66. The Morgan fingerprint density at radius 1 is 0.821 bits per heavy atom. The van der Waals surface area contributed by atoms with Crippen molar-refractivity contribution < 1.29 is 4.74 Å². The highest BCUT2D eigenvalue weighted by Crippen LogP contribution is 2.37. The number of halogens is 1. The number of hydrogen-bond acceptors (Lipinski definition) is 5. The third kappa shape index (κ3) is 4.94. The first kappa shape index (κ1) is 24.6. The van der Waals surface area contributed by atoms with Crippen molar-refractivity contribution in [3.63, 3.8) is 0 Å². The van der Waals surface area contributed by atoms with Gasteiger partial charge >= 0.3 is 0 Å². The van der Waals surface area contributed by atoms with E-state index in [9.17, 15) is 9.59 Å². The zero-order valence-corrected chi connectivity index (χ0v) is 21.7. The molecular formula is C32H24ClN3O3. The minimum absolute atomic E-state index is 0.252. The number of aromatic nitrogens is 2. The van der Waals surface area contributed by atoms with Crippen LogP contribution in [0.15, 0.2) is 113 Å². The SMILES string of the molecule is O=c1c(NCc2nc3ccccc3n2CCc2ccccc2)c(-c2ccc(Cl)cc2Oc2ccccc2)c1=O. The van der Waals surface area contributed by atoms with E-state index >= 15 is 0 Å². The lowest BCUT2D eigenvalue weighted by Crippen LogP contribution is -2.36. The summed E-state index contributed by atoms with van der Waals surface area (Å²) in [6.45, 7) is 1.01. The van der Waals surface area contributed by atoms with Crippen LogP contribution in [0.25, 0.3) is 22.2 Å². The van der Waals surface area contributed by atoms with E-state index in [2.05, 4.69) is 22.0 Å². The highest BCUT2D eigenvalue weighted by Gasteiger charge is 2.26. The Bertz CT molecular complexity index is 1840. The number of rotatable bonds is 9. The summed E-state index contributed by atoms with van der Waals surface area (Å²) in [4.78, 5) is 30.3. The topological polar surface area (TPSA) is 73.2 Å². The Kier molecular flexibility index (Phi) is 6.69. The molecule has 0 radical (unpaired) electrons. The van der Waals surface area contributed by atoms with Crippen molar-refractivity contribution >= 4 is 28.3 Å². The molecule has 0 unspecified atom stereocenters. The van der Waals surface area contributed by atoms with Gasteiger partial charge in [0, 0.05) is 23.2 Å². The highest BCUT2D eigenvalue weighted by atomic mass is 35.5. The normalized spacial score (nSPS) is 11.2. The summed E-state index contributed by atoms with van der Waals surface area (Å²) in [6.07, 6.45) is 0.838. The van der Waals surface area contributed by atoms with Gasteiger partial charge in [0.25, 0.3) is 0 Å². The van der Waals surface area contributed by atoms with Gasteiger partial charge in [0.15, 0.2) is 0 Å². The predicted octanol–water partition coefficient (Wildman–Crippen LogP) is 6.60. The molecule has 6 rings (SSSR count). The van der Waals surface area contributed by atoms with Gasteiger partial charge < -0.3 is 14.6 Å². The Balaban J connectivity index is 1.31. The van der Waals surface area contributed by atoms with Gasteiger partial charge in [-0.2, -0.15) is 0 Å². The van der Waals surface area contributed by atoms with E-state index in [1.165, 1.54) is 5.56 Å². The van der Waals surface area contributed by atoms with E-state index in [0.717, 1.165) is 29.8 Å². The number of fused-ring (bicyclic) bond motifs is 1. The average molecular weight is 534 g/mol. The van der Waals surface area contributed by atoms with Crippen LogP contribution in [0.3, 0.4) is 0 Å². The van der Waals surface area contributed by atoms with Gasteiger partial charge in [0.1, 0.15) is 17.3 Å². The fraction of sp³-hybridized carbons (Fsp3) is 0.0938. The predicted molar refractivity (Wildman–Crippen MR) is 156 cm³/mol. The van der Waals surface area contributed by atoms with Crippen molar-refractivity contribution in [3.8, 4) is 22.6 Å². The van der Waals surface area contributed by atoms with E-state index in [0.29, 0.717) is 22.1 Å². The third-order valence-corrected chi connectivity index (χ3v) is 6.95. The monoisotopic (exact) mass is 533 g/mol. The molecule has 0 aliphatic carbocycles. The summed E-state index contributed by atoms with van der Waals surface area (Å²) in [5.41, 5.74) is 3.06. The molecule has 0 bridgehead atoms. The summed E-state index contributed by atoms with van der Waals surface area (Å²) in [5, 5.41) is 3.67. The third-order valence-electron chi connectivity index (χ3n) is 6.72. The maximum atomic E-state index is 12.8. The Hall–Kier alpha value is -4.68. The van der Waals surface area contributed by atoms with Crippen molar-refractivity contribution in [2.45, 2.75) is 19.5 Å². The number of nitrogens with one attached hydrogen (secondary N) is 1. The van der Waals surface area contributed by atoms with Gasteiger partial charge in [0.05, 0.1) is 28.8 Å². The molecule has 7 heteroatoms. The summed E-state index contributed by atoms with van der Waals surface area (Å²) in [6, 6.07) is 32.5.